The van der Waals surface area contributed by atoms with Crippen molar-refractivity contribution < 1.29 is 33.2 Å². The summed E-state index contributed by atoms with van der Waals surface area (Å²) in [5.41, 5.74) is 3.51. The molecule has 0 bridgehead atoms. The van der Waals surface area contributed by atoms with Crippen molar-refractivity contribution in [2.24, 2.45) is 10.8 Å². The first-order valence-corrected chi connectivity index (χ1v) is 22.3. The maximum absolute atomic E-state index is 14.1. The third kappa shape index (κ3) is 14.0. The Morgan fingerprint density at radius 2 is 1.23 bits per heavy atom. The van der Waals surface area contributed by atoms with Crippen molar-refractivity contribution in [3.8, 4) is 0 Å². The minimum absolute atomic E-state index is 0.0152. The van der Waals surface area contributed by atoms with E-state index < -0.39 is 29.8 Å². The summed E-state index contributed by atoms with van der Waals surface area (Å²) in [5.74, 6) is 0.0401. The SMILES string of the molecule is CCC1([C@H](CO[C@H](COCc2ccccc2)[C@H]2CC(OCc3ccccc3)[C@@H](OCc3ccccc3)C(COCc3ccccc3)O2)NC(=O)C(C)(C)CC(C)(C)NC)CC1. The second-order valence-electron chi connectivity index (χ2n) is 18.4. The lowest BCUT2D eigenvalue weighted by atomic mass is 9.79. The fourth-order valence-corrected chi connectivity index (χ4v) is 8.58. The molecule has 1 heterocycles. The zero-order chi connectivity index (χ0) is 43.1. The van der Waals surface area contributed by atoms with E-state index in [1.165, 1.54) is 0 Å². The molecular formula is C52H70N2O7. The molecular weight excluding hydrogens is 765 g/mol. The first kappa shape index (κ1) is 46.6. The van der Waals surface area contributed by atoms with E-state index in [0.29, 0.717) is 59.1 Å². The van der Waals surface area contributed by atoms with Crippen LogP contribution in [0.25, 0.3) is 0 Å². The predicted octanol–water partition coefficient (Wildman–Crippen LogP) is 9.22. The molecule has 1 aliphatic heterocycles. The van der Waals surface area contributed by atoms with Gasteiger partial charge in [0.2, 0.25) is 5.91 Å². The van der Waals surface area contributed by atoms with E-state index in [9.17, 15) is 4.79 Å². The number of hydrogen-bond acceptors (Lipinski definition) is 8. The largest absolute Gasteiger partial charge is 0.374 e. The van der Waals surface area contributed by atoms with Gasteiger partial charge < -0.3 is 39.1 Å². The van der Waals surface area contributed by atoms with Crippen molar-refractivity contribution >= 4 is 5.91 Å². The molecule has 1 aliphatic carbocycles. The maximum Gasteiger partial charge on any atom is 0.226 e. The van der Waals surface area contributed by atoms with E-state index in [2.05, 4.69) is 79.9 Å². The molecule has 61 heavy (non-hydrogen) atoms. The van der Waals surface area contributed by atoms with Crippen LogP contribution in [0.5, 0.6) is 0 Å². The molecule has 1 amide bonds. The van der Waals surface area contributed by atoms with Crippen molar-refractivity contribution in [1.82, 2.24) is 10.6 Å². The second kappa shape index (κ2) is 22.4. The highest BCUT2D eigenvalue weighted by molar-refractivity contribution is 5.82. The topological polar surface area (TPSA) is 96.5 Å². The monoisotopic (exact) mass is 835 g/mol. The molecule has 6 rings (SSSR count). The van der Waals surface area contributed by atoms with Gasteiger partial charge in [-0.25, -0.2) is 0 Å². The van der Waals surface area contributed by atoms with Crippen LogP contribution in [0.3, 0.4) is 0 Å². The Morgan fingerprint density at radius 3 is 1.74 bits per heavy atom. The van der Waals surface area contributed by atoms with E-state index in [-0.39, 0.29) is 29.0 Å². The van der Waals surface area contributed by atoms with Gasteiger partial charge in [-0.1, -0.05) is 142 Å². The second-order valence-corrected chi connectivity index (χ2v) is 18.4. The Morgan fingerprint density at radius 1 is 0.721 bits per heavy atom. The maximum atomic E-state index is 14.1. The molecule has 2 N–H and O–H groups in total. The average molecular weight is 835 g/mol. The van der Waals surface area contributed by atoms with Crippen molar-refractivity contribution in [2.45, 2.75) is 135 Å². The van der Waals surface area contributed by atoms with Crippen LogP contribution in [0.1, 0.15) is 89.0 Å². The Kier molecular flexibility index (Phi) is 17.1. The fourth-order valence-electron chi connectivity index (χ4n) is 8.58. The van der Waals surface area contributed by atoms with Gasteiger partial charge in [-0.15, -0.1) is 0 Å². The number of rotatable bonds is 25. The highest BCUT2D eigenvalue weighted by Gasteiger charge is 2.50. The molecule has 1 saturated carbocycles. The molecule has 6 atom stereocenters. The summed E-state index contributed by atoms with van der Waals surface area (Å²) in [5, 5.41) is 6.87. The van der Waals surface area contributed by atoms with Gasteiger partial charge in [0.05, 0.1) is 64.5 Å². The molecule has 2 fully saturated rings. The molecule has 4 aromatic carbocycles. The number of benzene rings is 4. The lowest BCUT2D eigenvalue weighted by Crippen LogP contribution is -2.57. The lowest BCUT2D eigenvalue weighted by molar-refractivity contribution is -0.244. The van der Waals surface area contributed by atoms with Gasteiger partial charge >= 0.3 is 0 Å². The zero-order valence-corrected chi connectivity index (χ0v) is 37.4. The zero-order valence-electron chi connectivity index (χ0n) is 37.4. The molecule has 0 aromatic heterocycles. The number of ether oxygens (including phenoxy) is 6. The van der Waals surface area contributed by atoms with E-state index in [1.807, 2.05) is 93.7 Å². The third-order valence-electron chi connectivity index (χ3n) is 12.6. The van der Waals surface area contributed by atoms with Gasteiger partial charge in [0, 0.05) is 17.4 Å². The fraction of sp³-hybridized carbons (Fsp3) is 0.519. The number of hydrogen-bond donors (Lipinski definition) is 2. The molecule has 2 aliphatic rings. The number of amides is 1. The number of carbonyl (C=O) groups is 1. The standard InChI is InChI=1S/C52H70N2O7/c1-7-52(28-29-52)47(54-49(55)50(2,3)38-51(4,5)53-6)37-59-45(35-56-31-39-20-12-8-13-21-39)43-30-44(58-33-41-24-16-10-17-25-41)48(60-34-42-26-18-11-19-27-42)46(61-43)36-57-32-40-22-14-9-15-23-40/h8-27,43-48,53H,7,28-38H2,1-6H3,(H,54,55)/t43-,44?,45-,46?,47+,48-/m1/s1. The lowest BCUT2D eigenvalue weighted by Gasteiger charge is -2.44. The molecule has 0 spiro atoms. The Hall–Kier alpha value is -3.93. The van der Waals surface area contributed by atoms with Gasteiger partial charge in [-0.05, 0) is 74.2 Å². The van der Waals surface area contributed by atoms with Gasteiger partial charge in [-0.2, -0.15) is 0 Å². The highest BCUT2D eigenvalue weighted by atomic mass is 16.6. The van der Waals surface area contributed by atoms with E-state index in [0.717, 1.165) is 41.5 Å². The summed E-state index contributed by atoms with van der Waals surface area (Å²) in [6.45, 7) is 13.2. The summed E-state index contributed by atoms with van der Waals surface area (Å²) >= 11 is 0. The normalized spacial score (nSPS) is 21.1. The number of nitrogens with one attached hydrogen (secondary N) is 2. The van der Waals surface area contributed by atoms with Crippen molar-refractivity contribution in [1.29, 1.82) is 0 Å². The first-order valence-electron chi connectivity index (χ1n) is 22.3. The Balaban J connectivity index is 1.26. The molecule has 0 radical (unpaired) electrons. The average Bonchev–Trinajstić information content (AvgIpc) is 4.08. The summed E-state index contributed by atoms with van der Waals surface area (Å²) < 4.78 is 40.6. The van der Waals surface area contributed by atoms with Gasteiger partial charge in [0.25, 0.3) is 0 Å². The van der Waals surface area contributed by atoms with Crippen LogP contribution >= 0.6 is 0 Å². The van der Waals surface area contributed by atoms with Crippen LogP contribution in [0.4, 0.5) is 0 Å². The van der Waals surface area contributed by atoms with Crippen LogP contribution < -0.4 is 10.6 Å². The predicted molar refractivity (Wildman–Crippen MR) is 241 cm³/mol. The van der Waals surface area contributed by atoms with Crippen molar-refractivity contribution in [3.63, 3.8) is 0 Å². The van der Waals surface area contributed by atoms with Crippen LogP contribution in [-0.2, 0) is 59.6 Å². The van der Waals surface area contributed by atoms with Crippen molar-refractivity contribution in [2.75, 3.05) is 26.9 Å². The van der Waals surface area contributed by atoms with Crippen molar-refractivity contribution in [3.05, 3.63) is 144 Å². The quantitative estimate of drug-likeness (QED) is 0.0683. The molecule has 9 nitrogen and oxygen atoms in total. The smallest absolute Gasteiger partial charge is 0.226 e. The summed E-state index contributed by atoms with van der Waals surface area (Å²) in [4.78, 5) is 14.1. The Bertz CT molecular complexity index is 1860. The summed E-state index contributed by atoms with van der Waals surface area (Å²) in [7, 11) is 1.95. The van der Waals surface area contributed by atoms with Crippen LogP contribution in [0, 0.1) is 10.8 Å². The highest BCUT2D eigenvalue weighted by Crippen LogP contribution is 2.52. The van der Waals surface area contributed by atoms with E-state index in [4.69, 9.17) is 28.4 Å². The van der Waals surface area contributed by atoms with E-state index >= 15 is 0 Å². The molecule has 330 valence electrons. The van der Waals surface area contributed by atoms with E-state index in [1.54, 1.807) is 0 Å². The Labute approximate surface area is 365 Å². The van der Waals surface area contributed by atoms with Gasteiger partial charge in [0.15, 0.2) is 0 Å². The van der Waals surface area contributed by atoms with Gasteiger partial charge in [0.1, 0.15) is 18.3 Å². The summed E-state index contributed by atoms with van der Waals surface area (Å²) in [6.07, 6.45) is 2.13. The third-order valence-corrected chi connectivity index (χ3v) is 12.6. The molecule has 2 unspecified atom stereocenters. The summed E-state index contributed by atoms with van der Waals surface area (Å²) in [6, 6.07) is 40.6. The molecule has 9 heteroatoms. The first-order chi connectivity index (χ1) is 29.5. The van der Waals surface area contributed by atoms with Crippen LogP contribution in [0.15, 0.2) is 121 Å². The van der Waals surface area contributed by atoms with Crippen LogP contribution in [0.2, 0.25) is 0 Å². The molecule has 4 aromatic rings. The minimum Gasteiger partial charge on any atom is -0.374 e. The molecule has 1 saturated heterocycles. The van der Waals surface area contributed by atoms with Crippen LogP contribution in [-0.4, -0.2) is 74.9 Å². The number of carbonyl (C=O) groups excluding carboxylic acids is 1. The minimum atomic E-state index is -0.593. The van der Waals surface area contributed by atoms with Gasteiger partial charge in [-0.3, -0.25) is 4.79 Å².